The molecular formula is C24H30N7O3+. The Morgan fingerprint density at radius 1 is 1.12 bits per heavy atom. The highest BCUT2D eigenvalue weighted by Gasteiger charge is 2.34. The largest absolute Gasteiger partial charge is 0.466 e. The quantitative estimate of drug-likeness (QED) is 0.441. The highest BCUT2D eigenvalue weighted by atomic mass is 16.5. The van der Waals surface area contributed by atoms with Gasteiger partial charge in [0.15, 0.2) is 0 Å². The van der Waals surface area contributed by atoms with E-state index in [1.807, 2.05) is 13.1 Å². The van der Waals surface area contributed by atoms with Gasteiger partial charge in [0.25, 0.3) is 5.82 Å². The van der Waals surface area contributed by atoms with Crippen molar-refractivity contribution in [2.75, 3.05) is 60.6 Å². The van der Waals surface area contributed by atoms with E-state index in [1.54, 1.807) is 6.33 Å². The number of carbonyl (C=O) groups excluding carboxylic acids is 1. The van der Waals surface area contributed by atoms with Crippen molar-refractivity contribution in [3.8, 4) is 0 Å². The number of hydrogen-bond donors (Lipinski definition) is 1. The lowest BCUT2D eigenvalue weighted by molar-refractivity contribution is -0.368. The topological polar surface area (TPSA) is 108 Å². The highest BCUT2D eigenvalue weighted by Crippen LogP contribution is 2.36. The molecule has 0 aliphatic carbocycles. The molecule has 2 fully saturated rings. The van der Waals surface area contributed by atoms with Crippen LogP contribution in [0.1, 0.15) is 19.8 Å². The number of aromatic nitrogens is 3. The van der Waals surface area contributed by atoms with E-state index >= 15 is 0 Å². The summed E-state index contributed by atoms with van der Waals surface area (Å²) >= 11 is 0. The number of H-pyrrole nitrogens is 2. The van der Waals surface area contributed by atoms with Crippen molar-refractivity contribution in [3.05, 3.63) is 41.7 Å². The summed E-state index contributed by atoms with van der Waals surface area (Å²) in [4.78, 5) is 41.5. The third-order valence-electron chi connectivity index (χ3n) is 6.84. The van der Waals surface area contributed by atoms with Crippen LogP contribution in [0.2, 0.25) is 0 Å². The number of carbonyl (C=O) groups is 1. The molecule has 0 unspecified atom stereocenters. The minimum atomic E-state index is -0.136. The SMILES string of the molecule is CCOC(=O)C1CCN(c2[nH+]cnc(N3CCN(c4cccc5[nH]ccc45)CC3)c2N=O)CC1. The first-order chi connectivity index (χ1) is 16.7. The van der Waals surface area contributed by atoms with Crippen LogP contribution < -0.4 is 19.7 Å². The molecule has 2 aliphatic heterocycles. The number of rotatable bonds is 6. The van der Waals surface area contributed by atoms with Gasteiger partial charge in [-0.3, -0.25) is 9.69 Å². The summed E-state index contributed by atoms with van der Waals surface area (Å²) in [6, 6.07) is 8.41. The van der Waals surface area contributed by atoms with Crippen molar-refractivity contribution in [2.24, 2.45) is 11.1 Å². The van der Waals surface area contributed by atoms with E-state index in [9.17, 15) is 9.70 Å². The van der Waals surface area contributed by atoms with Crippen molar-refractivity contribution >= 4 is 39.9 Å². The van der Waals surface area contributed by atoms with Crippen LogP contribution in [0.3, 0.4) is 0 Å². The summed E-state index contributed by atoms with van der Waals surface area (Å²) in [6.45, 7) is 6.65. The number of nitrogens with zero attached hydrogens (tertiary/aromatic N) is 5. The maximum atomic E-state index is 12.1. The van der Waals surface area contributed by atoms with E-state index in [-0.39, 0.29) is 11.9 Å². The molecule has 3 aromatic rings. The predicted octanol–water partition coefficient (Wildman–Crippen LogP) is 2.88. The van der Waals surface area contributed by atoms with Gasteiger partial charge in [0.2, 0.25) is 17.8 Å². The van der Waals surface area contributed by atoms with Gasteiger partial charge < -0.3 is 19.5 Å². The van der Waals surface area contributed by atoms with Gasteiger partial charge in [-0.25, -0.2) is 4.98 Å². The third kappa shape index (κ3) is 4.15. The predicted molar refractivity (Wildman–Crippen MR) is 131 cm³/mol. The van der Waals surface area contributed by atoms with E-state index in [0.29, 0.717) is 49.9 Å². The Morgan fingerprint density at radius 2 is 1.88 bits per heavy atom. The molecule has 5 rings (SSSR count). The monoisotopic (exact) mass is 464 g/mol. The molecule has 2 aromatic heterocycles. The van der Waals surface area contributed by atoms with E-state index < -0.39 is 0 Å². The maximum absolute atomic E-state index is 12.1. The smallest absolute Gasteiger partial charge is 0.309 e. The standard InChI is InChI=1S/C24H29N7O3/c1-2-34-24(32)17-7-10-30(11-8-17)22-21(28-33)23(27-16-26-22)31-14-12-29(13-15-31)20-5-3-4-19-18(20)6-9-25-19/h3-6,9,16-17,25H,2,7-8,10-15H2,1H3/p+1. The van der Waals surface area contributed by atoms with Gasteiger partial charge >= 0.3 is 5.97 Å². The average molecular weight is 465 g/mol. The number of hydrogen-bond acceptors (Lipinski definition) is 8. The number of esters is 1. The summed E-state index contributed by atoms with van der Waals surface area (Å²) in [7, 11) is 0. The summed E-state index contributed by atoms with van der Waals surface area (Å²) in [5.41, 5.74) is 2.67. The number of ether oxygens (including phenoxy) is 1. The molecular weight excluding hydrogens is 434 g/mol. The van der Waals surface area contributed by atoms with E-state index in [0.717, 1.165) is 31.7 Å². The maximum Gasteiger partial charge on any atom is 0.309 e. The molecule has 1 aromatic carbocycles. The first kappa shape index (κ1) is 22.1. The van der Waals surface area contributed by atoms with E-state index in [1.165, 1.54) is 11.1 Å². The van der Waals surface area contributed by atoms with Crippen LogP contribution in [0.4, 0.5) is 23.0 Å². The lowest BCUT2D eigenvalue weighted by atomic mass is 9.97. The number of aromatic amines is 2. The van der Waals surface area contributed by atoms with Crippen LogP contribution in [0.5, 0.6) is 0 Å². The molecule has 0 bridgehead atoms. The summed E-state index contributed by atoms with van der Waals surface area (Å²) in [5.74, 6) is 1.05. The van der Waals surface area contributed by atoms with Gasteiger partial charge in [-0.15, -0.1) is 4.91 Å². The molecule has 4 heterocycles. The number of nitrogens with one attached hydrogen (secondary N) is 2. The van der Waals surface area contributed by atoms with Crippen LogP contribution >= 0.6 is 0 Å². The Hall–Kier alpha value is -3.69. The van der Waals surface area contributed by atoms with Crippen LogP contribution in [0.15, 0.2) is 42.0 Å². The molecule has 10 heteroatoms. The number of anilines is 3. The van der Waals surface area contributed by atoms with Gasteiger partial charge in [-0.1, -0.05) is 11.1 Å². The van der Waals surface area contributed by atoms with E-state index in [2.05, 4.69) is 59.1 Å². The molecule has 2 saturated heterocycles. The zero-order valence-electron chi connectivity index (χ0n) is 19.4. The second-order valence-corrected chi connectivity index (χ2v) is 8.72. The van der Waals surface area contributed by atoms with Crippen molar-refractivity contribution < 1.29 is 14.5 Å². The second kappa shape index (κ2) is 9.66. The third-order valence-corrected chi connectivity index (χ3v) is 6.84. The lowest BCUT2D eigenvalue weighted by Gasteiger charge is -2.36. The van der Waals surface area contributed by atoms with Gasteiger partial charge in [-0.05, 0) is 43.1 Å². The van der Waals surface area contributed by atoms with Crippen LogP contribution in [0.25, 0.3) is 10.9 Å². The highest BCUT2D eigenvalue weighted by molar-refractivity contribution is 5.92. The molecule has 0 atom stereocenters. The Labute approximate surface area is 197 Å². The van der Waals surface area contributed by atoms with E-state index in [4.69, 9.17) is 4.74 Å². The molecule has 178 valence electrons. The second-order valence-electron chi connectivity index (χ2n) is 8.72. The molecule has 0 amide bonds. The van der Waals surface area contributed by atoms with Crippen molar-refractivity contribution in [3.63, 3.8) is 0 Å². The fraction of sp³-hybridized carbons (Fsp3) is 0.458. The van der Waals surface area contributed by atoms with Crippen molar-refractivity contribution in [2.45, 2.75) is 19.8 Å². The summed E-state index contributed by atoms with van der Waals surface area (Å²) < 4.78 is 5.17. The Morgan fingerprint density at radius 3 is 2.62 bits per heavy atom. The fourth-order valence-corrected chi connectivity index (χ4v) is 5.05. The lowest BCUT2D eigenvalue weighted by Crippen LogP contribution is -2.47. The Bertz CT molecular complexity index is 1160. The molecule has 34 heavy (non-hydrogen) atoms. The zero-order valence-corrected chi connectivity index (χ0v) is 19.4. The van der Waals surface area contributed by atoms with Gasteiger partial charge in [0, 0.05) is 49.0 Å². The zero-order chi connectivity index (χ0) is 23.5. The van der Waals surface area contributed by atoms with Crippen molar-refractivity contribution in [1.82, 2.24) is 9.97 Å². The Kier molecular flexibility index (Phi) is 6.29. The number of piperazine rings is 1. The Balaban J connectivity index is 1.29. The normalized spacial score (nSPS) is 17.3. The first-order valence-corrected chi connectivity index (χ1v) is 11.9. The van der Waals surface area contributed by atoms with Crippen molar-refractivity contribution in [1.29, 1.82) is 0 Å². The number of fused-ring (bicyclic) bond motifs is 1. The van der Waals surface area contributed by atoms with Gasteiger partial charge in [0.1, 0.15) is 0 Å². The number of benzene rings is 1. The summed E-state index contributed by atoms with van der Waals surface area (Å²) in [6.07, 6.45) is 4.97. The molecule has 2 N–H and O–H groups in total. The molecule has 2 aliphatic rings. The minimum Gasteiger partial charge on any atom is -0.466 e. The van der Waals surface area contributed by atoms with Gasteiger partial charge in [0.05, 0.1) is 25.6 Å². The molecule has 10 nitrogen and oxygen atoms in total. The molecule has 0 spiro atoms. The fourth-order valence-electron chi connectivity index (χ4n) is 5.05. The molecule has 0 radical (unpaired) electrons. The average Bonchev–Trinajstić information content (AvgIpc) is 3.38. The first-order valence-electron chi connectivity index (χ1n) is 11.9. The van der Waals surface area contributed by atoms with Crippen LogP contribution in [0, 0.1) is 10.8 Å². The number of piperidine rings is 1. The molecule has 0 saturated carbocycles. The van der Waals surface area contributed by atoms with Gasteiger partial charge in [-0.2, -0.15) is 0 Å². The minimum absolute atomic E-state index is 0.0947. The van der Waals surface area contributed by atoms with Crippen LogP contribution in [-0.4, -0.2) is 61.8 Å². The number of nitroso groups, excluding NO2 is 1. The van der Waals surface area contributed by atoms with Crippen LogP contribution in [-0.2, 0) is 9.53 Å². The summed E-state index contributed by atoms with van der Waals surface area (Å²) in [5, 5.41) is 4.59.